The molecule has 0 saturated carbocycles. The summed E-state index contributed by atoms with van der Waals surface area (Å²) < 4.78 is 16.2. The van der Waals surface area contributed by atoms with E-state index < -0.39 is 0 Å². The molecule has 1 aromatic carbocycles. The van der Waals surface area contributed by atoms with Crippen molar-refractivity contribution in [2.75, 3.05) is 5.32 Å². The molecule has 2 aromatic heterocycles. The largest absolute Gasteiger partial charge is 0.378 e. The summed E-state index contributed by atoms with van der Waals surface area (Å²) in [6.45, 7) is 4.66. The van der Waals surface area contributed by atoms with E-state index in [-0.39, 0.29) is 5.82 Å². The molecule has 0 aliphatic rings. The second-order valence-electron chi connectivity index (χ2n) is 4.62. The minimum atomic E-state index is -0.253. The van der Waals surface area contributed by atoms with Gasteiger partial charge >= 0.3 is 0 Å². The lowest BCUT2D eigenvalue weighted by Gasteiger charge is -2.09. The quantitative estimate of drug-likeness (QED) is 0.749. The number of nitrogens with zero attached hydrogens (tertiary/aromatic N) is 2. The van der Waals surface area contributed by atoms with Gasteiger partial charge in [0, 0.05) is 15.5 Å². The Kier molecular flexibility index (Phi) is 3.52. The lowest BCUT2D eigenvalue weighted by Crippen LogP contribution is -2.04. The van der Waals surface area contributed by atoms with E-state index in [9.17, 15) is 4.39 Å². The normalized spacial score (nSPS) is 11.2. The molecule has 0 saturated heterocycles. The molecule has 2 heterocycles. The number of nitrogens with one attached hydrogen (secondary N) is 1. The van der Waals surface area contributed by atoms with Gasteiger partial charge in [0.05, 0.1) is 23.6 Å². The minimum Gasteiger partial charge on any atom is -0.378 e. The van der Waals surface area contributed by atoms with Crippen LogP contribution in [0.3, 0.4) is 0 Å². The lowest BCUT2D eigenvalue weighted by atomic mass is 10.3. The highest BCUT2D eigenvalue weighted by Crippen LogP contribution is 2.25. The van der Waals surface area contributed by atoms with Crippen LogP contribution in [0.5, 0.6) is 0 Å². The first-order valence-electron chi connectivity index (χ1n) is 6.17. The molecule has 0 fully saturated rings. The summed E-state index contributed by atoms with van der Waals surface area (Å²) >= 11 is 5.09. The van der Waals surface area contributed by atoms with Crippen molar-refractivity contribution < 1.29 is 4.39 Å². The standard InChI is InChI=1S/C14H13BrFN3S/c1-8-7-19-13(9(2)18-14(19)20-8)6-17-12-5-10(16)3-4-11(12)15/h3-5,7,17H,6H2,1-2H3. The van der Waals surface area contributed by atoms with Crippen molar-refractivity contribution >= 4 is 37.9 Å². The Balaban J connectivity index is 1.89. The molecule has 0 unspecified atom stereocenters. The molecule has 0 aliphatic heterocycles. The zero-order chi connectivity index (χ0) is 14.3. The molecular formula is C14H13BrFN3S. The highest BCUT2D eigenvalue weighted by molar-refractivity contribution is 9.10. The number of hydrogen-bond donors (Lipinski definition) is 1. The predicted molar refractivity (Wildman–Crippen MR) is 84.0 cm³/mol. The number of benzene rings is 1. The van der Waals surface area contributed by atoms with Crippen LogP contribution in [0, 0.1) is 19.7 Å². The number of aromatic nitrogens is 2. The van der Waals surface area contributed by atoms with Gasteiger partial charge in [0.25, 0.3) is 0 Å². The third-order valence-corrected chi connectivity index (χ3v) is 4.71. The maximum Gasteiger partial charge on any atom is 0.194 e. The summed E-state index contributed by atoms with van der Waals surface area (Å²) in [5.41, 5.74) is 2.84. The van der Waals surface area contributed by atoms with Crippen molar-refractivity contribution in [3.05, 3.63) is 51.0 Å². The van der Waals surface area contributed by atoms with Crippen molar-refractivity contribution in [1.29, 1.82) is 0 Å². The number of anilines is 1. The van der Waals surface area contributed by atoms with E-state index in [1.165, 1.54) is 17.0 Å². The fourth-order valence-corrected chi connectivity index (χ4v) is 3.41. The van der Waals surface area contributed by atoms with Crippen LogP contribution in [0.25, 0.3) is 4.96 Å². The van der Waals surface area contributed by atoms with Crippen molar-refractivity contribution in [1.82, 2.24) is 9.38 Å². The lowest BCUT2D eigenvalue weighted by molar-refractivity contribution is 0.628. The molecule has 3 rings (SSSR count). The van der Waals surface area contributed by atoms with Crippen LogP contribution in [0.15, 0.2) is 28.9 Å². The van der Waals surface area contributed by atoms with Gasteiger partial charge in [-0.2, -0.15) is 0 Å². The van der Waals surface area contributed by atoms with Gasteiger partial charge in [-0.3, -0.25) is 4.40 Å². The first kappa shape index (κ1) is 13.6. The van der Waals surface area contributed by atoms with E-state index in [0.717, 1.165) is 26.5 Å². The summed E-state index contributed by atoms with van der Waals surface area (Å²) in [7, 11) is 0. The Morgan fingerprint density at radius 2 is 2.20 bits per heavy atom. The van der Waals surface area contributed by atoms with Gasteiger partial charge in [0.1, 0.15) is 5.82 Å². The van der Waals surface area contributed by atoms with Crippen LogP contribution in [-0.4, -0.2) is 9.38 Å². The van der Waals surface area contributed by atoms with E-state index >= 15 is 0 Å². The number of halogens is 2. The SMILES string of the molecule is Cc1cn2c(CNc3cc(F)ccc3Br)c(C)nc2s1. The maximum atomic E-state index is 13.3. The van der Waals surface area contributed by atoms with Gasteiger partial charge in [0.15, 0.2) is 4.96 Å². The molecule has 1 N–H and O–H groups in total. The van der Waals surface area contributed by atoms with Gasteiger partial charge in [-0.1, -0.05) is 0 Å². The predicted octanol–water partition coefficient (Wildman–Crippen LogP) is 4.53. The molecule has 0 atom stereocenters. The summed E-state index contributed by atoms with van der Waals surface area (Å²) in [6.07, 6.45) is 2.08. The van der Waals surface area contributed by atoms with Crippen molar-refractivity contribution in [2.45, 2.75) is 20.4 Å². The second-order valence-corrected chi connectivity index (χ2v) is 6.68. The average Bonchev–Trinajstić information content (AvgIpc) is 2.86. The molecule has 0 bridgehead atoms. The third-order valence-electron chi connectivity index (χ3n) is 3.12. The number of thiazole rings is 1. The zero-order valence-corrected chi connectivity index (χ0v) is 13.5. The van der Waals surface area contributed by atoms with Crippen molar-refractivity contribution in [2.24, 2.45) is 0 Å². The maximum absolute atomic E-state index is 13.3. The first-order chi connectivity index (χ1) is 9.54. The molecular weight excluding hydrogens is 341 g/mol. The van der Waals surface area contributed by atoms with Gasteiger partial charge < -0.3 is 5.32 Å². The van der Waals surface area contributed by atoms with Gasteiger partial charge in [-0.25, -0.2) is 9.37 Å². The fourth-order valence-electron chi connectivity index (χ4n) is 2.13. The van der Waals surface area contributed by atoms with Crippen LogP contribution in [0.2, 0.25) is 0 Å². The van der Waals surface area contributed by atoms with Crippen molar-refractivity contribution in [3.63, 3.8) is 0 Å². The summed E-state index contributed by atoms with van der Waals surface area (Å²) in [6, 6.07) is 4.61. The molecule has 3 nitrogen and oxygen atoms in total. The van der Waals surface area contributed by atoms with Gasteiger partial charge in [-0.15, -0.1) is 11.3 Å². The number of hydrogen-bond acceptors (Lipinski definition) is 3. The summed E-state index contributed by atoms with van der Waals surface area (Å²) in [5, 5.41) is 3.26. The van der Waals surface area contributed by atoms with E-state index in [1.807, 2.05) is 6.92 Å². The smallest absolute Gasteiger partial charge is 0.194 e. The Hall–Kier alpha value is -1.40. The summed E-state index contributed by atoms with van der Waals surface area (Å²) in [5.74, 6) is -0.253. The van der Waals surface area contributed by atoms with Crippen molar-refractivity contribution in [3.8, 4) is 0 Å². The Labute approximate surface area is 128 Å². The van der Waals surface area contributed by atoms with E-state index in [1.54, 1.807) is 17.4 Å². The van der Waals surface area contributed by atoms with E-state index in [0.29, 0.717) is 6.54 Å². The second kappa shape index (κ2) is 5.18. The average molecular weight is 354 g/mol. The molecule has 0 spiro atoms. The number of aryl methyl sites for hydroxylation is 2. The highest BCUT2D eigenvalue weighted by atomic mass is 79.9. The van der Waals surface area contributed by atoms with Gasteiger partial charge in [-0.05, 0) is 48.0 Å². The highest BCUT2D eigenvalue weighted by Gasteiger charge is 2.11. The topological polar surface area (TPSA) is 29.3 Å². The number of fused-ring (bicyclic) bond motifs is 1. The van der Waals surface area contributed by atoms with Gasteiger partial charge in [0.2, 0.25) is 0 Å². The van der Waals surface area contributed by atoms with Crippen LogP contribution in [-0.2, 0) is 6.54 Å². The minimum absolute atomic E-state index is 0.253. The summed E-state index contributed by atoms with van der Waals surface area (Å²) in [4.78, 5) is 6.76. The Bertz CT molecular complexity index is 778. The Morgan fingerprint density at radius 3 is 3.00 bits per heavy atom. The molecule has 6 heteroatoms. The first-order valence-corrected chi connectivity index (χ1v) is 7.78. The molecule has 3 aromatic rings. The van der Waals surface area contributed by atoms with Crippen LogP contribution in [0.1, 0.15) is 16.3 Å². The third kappa shape index (κ3) is 2.45. The number of rotatable bonds is 3. The van der Waals surface area contributed by atoms with Crippen LogP contribution in [0.4, 0.5) is 10.1 Å². The molecule has 104 valence electrons. The zero-order valence-electron chi connectivity index (χ0n) is 11.1. The van der Waals surface area contributed by atoms with E-state index in [4.69, 9.17) is 0 Å². The monoisotopic (exact) mass is 353 g/mol. The Morgan fingerprint density at radius 1 is 1.40 bits per heavy atom. The number of imidazole rings is 1. The molecule has 0 aliphatic carbocycles. The molecule has 20 heavy (non-hydrogen) atoms. The van der Waals surface area contributed by atoms with E-state index in [2.05, 4.69) is 43.8 Å². The fraction of sp³-hybridized carbons (Fsp3) is 0.214. The van der Waals surface area contributed by atoms with Crippen LogP contribution < -0.4 is 5.32 Å². The van der Waals surface area contributed by atoms with Crippen LogP contribution >= 0.6 is 27.3 Å². The molecule has 0 amide bonds. The molecule has 0 radical (unpaired) electrons.